The Hall–Kier alpha value is -1.08. The molecule has 2 aromatic rings. The van der Waals surface area contributed by atoms with E-state index in [4.69, 9.17) is 0 Å². The molecule has 0 aromatic heterocycles. The van der Waals surface area contributed by atoms with Gasteiger partial charge in [-0.05, 0) is 39.2 Å². The normalized spacial score (nSPS) is 12.5. The molecule has 0 aliphatic heterocycles. The van der Waals surface area contributed by atoms with Crippen LogP contribution in [0.5, 0.6) is 0 Å². The Morgan fingerprint density at radius 1 is 0.667 bits per heavy atom. The Labute approximate surface area is 137 Å². The molecule has 0 aliphatic carbocycles. The van der Waals surface area contributed by atoms with Crippen molar-refractivity contribution in [2.45, 2.75) is 52.4 Å². The van der Waals surface area contributed by atoms with Gasteiger partial charge in [0.05, 0.1) is 0 Å². The average Bonchev–Trinajstić information content (AvgIpc) is 2.37. The van der Waals surface area contributed by atoms with E-state index in [2.05, 4.69) is 99.9 Å². The van der Waals surface area contributed by atoms with Crippen molar-refractivity contribution in [3.05, 3.63) is 58.1 Å². The number of hydrogen-bond acceptors (Lipinski definition) is 0. The van der Waals surface area contributed by atoms with Crippen LogP contribution in [0.1, 0.15) is 52.7 Å². The topological polar surface area (TPSA) is 0 Å². The monoisotopic (exact) mass is 344 g/mol. The van der Waals surface area contributed by atoms with Crippen LogP contribution in [0.25, 0.3) is 11.1 Å². The quantitative estimate of drug-likeness (QED) is 0.539. The zero-order valence-electron chi connectivity index (χ0n) is 13.9. The first-order valence-electron chi connectivity index (χ1n) is 7.51. The second-order valence-corrected chi connectivity index (χ2v) is 8.57. The maximum atomic E-state index is 3.78. The van der Waals surface area contributed by atoms with Crippen LogP contribution in [0.4, 0.5) is 0 Å². The van der Waals surface area contributed by atoms with Crippen molar-refractivity contribution in [1.82, 2.24) is 0 Å². The molecule has 1 heteroatoms. The molecule has 0 amide bonds. The Kier molecular flexibility index (Phi) is 4.35. The highest BCUT2D eigenvalue weighted by Gasteiger charge is 2.29. The van der Waals surface area contributed by atoms with Gasteiger partial charge >= 0.3 is 0 Å². The summed E-state index contributed by atoms with van der Waals surface area (Å²) in [4.78, 5) is 0. The third-order valence-corrected chi connectivity index (χ3v) is 4.40. The summed E-state index contributed by atoms with van der Waals surface area (Å²) in [6, 6.07) is 15.1. The van der Waals surface area contributed by atoms with Crippen molar-refractivity contribution in [3.8, 4) is 11.1 Å². The molecule has 21 heavy (non-hydrogen) atoms. The lowest BCUT2D eigenvalue weighted by Gasteiger charge is -2.33. The molecule has 2 aromatic carbocycles. The van der Waals surface area contributed by atoms with Crippen LogP contribution in [0.3, 0.4) is 0 Å². The van der Waals surface area contributed by atoms with Crippen molar-refractivity contribution >= 4 is 15.9 Å². The van der Waals surface area contributed by atoms with Gasteiger partial charge in [-0.25, -0.2) is 0 Å². The molecule has 0 bridgehead atoms. The SMILES string of the molecule is CC(C)(C)c1c(Br)ccc(-c2ccccc2)c1C(C)(C)C. The lowest BCUT2D eigenvalue weighted by molar-refractivity contribution is 0.529. The molecule has 0 radical (unpaired) electrons. The summed E-state index contributed by atoms with van der Waals surface area (Å²) in [6.45, 7) is 13.8. The molecule has 0 N–H and O–H groups in total. The first kappa shape index (κ1) is 16.3. The molecule has 0 fully saturated rings. The van der Waals surface area contributed by atoms with Gasteiger partial charge in [-0.3, -0.25) is 0 Å². The van der Waals surface area contributed by atoms with E-state index in [0.29, 0.717) is 0 Å². The molecular formula is C20H25Br. The molecule has 0 spiro atoms. The van der Waals surface area contributed by atoms with Crippen LogP contribution in [0, 0.1) is 0 Å². The smallest absolute Gasteiger partial charge is 0.0216 e. The fourth-order valence-corrected chi connectivity index (χ4v) is 3.87. The van der Waals surface area contributed by atoms with Gasteiger partial charge in [0.2, 0.25) is 0 Å². The van der Waals surface area contributed by atoms with Crippen LogP contribution in [-0.2, 0) is 10.8 Å². The highest BCUT2D eigenvalue weighted by atomic mass is 79.9. The summed E-state index contributed by atoms with van der Waals surface area (Å²) in [6.07, 6.45) is 0. The van der Waals surface area contributed by atoms with E-state index in [1.807, 2.05) is 0 Å². The second-order valence-electron chi connectivity index (χ2n) is 7.71. The lowest BCUT2D eigenvalue weighted by atomic mass is 9.72. The lowest BCUT2D eigenvalue weighted by Crippen LogP contribution is -2.23. The second kappa shape index (κ2) is 5.61. The summed E-state index contributed by atoms with van der Waals surface area (Å²) >= 11 is 3.78. The Bertz CT molecular complexity index is 625. The van der Waals surface area contributed by atoms with E-state index in [-0.39, 0.29) is 10.8 Å². The molecule has 0 aliphatic rings. The predicted octanol–water partition coefficient (Wildman–Crippen LogP) is 6.71. The van der Waals surface area contributed by atoms with Crippen molar-refractivity contribution < 1.29 is 0 Å². The van der Waals surface area contributed by atoms with Crippen molar-refractivity contribution in [3.63, 3.8) is 0 Å². The minimum Gasteiger partial charge on any atom is -0.0622 e. The summed E-state index contributed by atoms with van der Waals surface area (Å²) < 4.78 is 1.21. The minimum atomic E-state index is 0.0948. The van der Waals surface area contributed by atoms with Crippen LogP contribution >= 0.6 is 15.9 Å². The summed E-state index contributed by atoms with van der Waals surface area (Å²) in [7, 11) is 0. The maximum Gasteiger partial charge on any atom is 0.0216 e. The fourth-order valence-electron chi connectivity index (χ4n) is 2.95. The average molecular weight is 345 g/mol. The van der Waals surface area contributed by atoms with E-state index >= 15 is 0 Å². The summed E-state index contributed by atoms with van der Waals surface area (Å²) in [5.74, 6) is 0. The predicted molar refractivity (Wildman–Crippen MR) is 97.0 cm³/mol. The Balaban J connectivity index is 2.85. The molecule has 0 unspecified atom stereocenters. The first-order chi connectivity index (χ1) is 9.62. The fraction of sp³-hybridized carbons (Fsp3) is 0.400. The van der Waals surface area contributed by atoms with Gasteiger partial charge in [-0.2, -0.15) is 0 Å². The van der Waals surface area contributed by atoms with Crippen LogP contribution in [0.2, 0.25) is 0 Å². The van der Waals surface area contributed by atoms with Gasteiger partial charge in [0.15, 0.2) is 0 Å². The van der Waals surface area contributed by atoms with Gasteiger partial charge < -0.3 is 0 Å². The number of hydrogen-bond donors (Lipinski definition) is 0. The molecule has 0 heterocycles. The third kappa shape index (κ3) is 3.40. The van der Waals surface area contributed by atoms with Crippen LogP contribution in [0.15, 0.2) is 46.9 Å². The van der Waals surface area contributed by atoms with E-state index in [0.717, 1.165) is 0 Å². The summed E-state index contributed by atoms with van der Waals surface area (Å²) in [5, 5.41) is 0. The molecule has 112 valence electrons. The third-order valence-electron chi connectivity index (χ3n) is 3.74. The highest BCUT2D eigenvalue weighted by Crippen LogP contribution is 2.43. The van der Waals surface area contributed by atoms with Gasteiger partial charge in [0.25, 0.3) is 0 Å². The number of halogens is 1. The summed E-state index contributed by atoms with van der Waals surface area (Å²) in [5.41, 5.74) is 5.69. The van der Waals surface area contributed by atoms with Crippen LogP contribution in [-0.4, -0.2) is 0 Å². The Morgan fingerprint density at radius 2 is 1.19 bits per heavy atom. The maximum absolute atomic E-state index is 3.78. The van der Waals surface area contributed by atoms with Crippen molar-refractivity contribution in [1.29, 1.82) is 0 Å². The van der Waals surface area contributed by atoms with E-state index in [1.54, 1.807) is 0 Å². The first-order valence-corrected chi connectivity index (χ1v) is 8.30. The van der Waals surface area contributed by atoms with Gasteiger partial charge in [-0.1, -0.05) is 93.9 Å². The largest absolute Gasteiger partial charge is 0.0622 e. The highest BCUT2D eigenvalue weighted by molar-refractivity contribution is 9.10. The zero-order valence-corrected chi connectivity index (χ0v) is 15.5. The van der Waals surface area contributed by atoms with E-state index < -0.39 is 0 Å². The zero-order chi connectivity index (χ0) is 15.8. The molecule has 0 saturated heterocycles. The van der Waals surface area contributed by atoms with E-state index in [1.165, 1.54) is 26.7 Å². The molecule has 0 nitrogen and oxygen atoms in total. The van der Waals surface area contributed by atoms with Gasteiger partial charge in [0, 0.05) is 4.47 Å². The molecule has 2 rings (SSSR count). The van der Waals surface area contributed by atoms with Gasteiger partial charge in [0.1, 0.15) is 0 Å². The molecule has 0 atom stereocenters. The number of rotatable bonds is 1. The Morgan fingerprint density at radius 3 is 1.67 bits per heavy atom. The standard InChI is InChI=1S/C20H25Br/c1-19(2,3)17-15(14-10-8-7-9-11-14)12-13-16(21)18(17)20(4,5)6/h7-13H,1-6H3. The molecular weight excluding hydrogens is 320 g/mol. The van der Waals surface area contributed by atoms with Crippen LogP contribution < -0.4 is 0 Å². The van der Waals surface area contributed by atoms with Crippen molar-refractivity contribution in [2.24, 2.45) is 0 Å². The van der Waals surface area contributed by atoms with Gasteiger partial charge in [-0.15, -0.1) is 0 Å². The van der Waals surface area contributed by atoms with Crippen molar-refractivity contribution in [2.75, 3.05) is 0 Å². The number of benzene rings is 2. The molecule has 0 saturated carbocycles. The van der Waals surface area contributed by atoms with E-state index in [9.17, 15) is 0 Å². The minimum absolute atomic E-state index is 0.0948.